The van der Waals surface area contributed by atoms with E-state index in [0.29, 0.717) is 11.5 Å². The molecule has 1 aliphatic rings. The van der Waals surface area contributed by atoms with E-state index in [1.165, 1.54) is 42.6 Å². The van der Waals surface area contributed by atoms with Crippen LogP contribution in [0.4, 0.5) is 0 Å². The monoisotopic (exact) mass is 263 g/mol. The van der Waals surface area contributed by atoms with Gasteiger partial charge in [-0.05, 0) is 52.4 Å². The van der Waals surface area contributed by atoms with Gasteiger partial charge in [-0.1, -0.05) is 13.3 Å². The van der Waals surface area contributed by atoms with Gasteiger partial charge in [-0.25, -0.2) is 0 Å². The van der Waals surface area contributed by atoms with E-state index in [9.17, 15) is 0 Å². The zero-order chi connectivity index (χ0) is 14.0. The minimum Gasteiger partial charge on any atom is -0.310 e. The second-order valence-corrected chi connectivity index (χ2v) is 6.25. The lowest BCUT2D eigenvalue weighted by Gasteiger charge is -2.20. The maximum absolute atomic E-state index is 4.62. The Bertz CT molecular complexity index is 429. The SMILES string of the molecule is CCCC1(CNC(C)c2c(C)nn(CC)c2C)CC1. The van der Waals surface area contributed by atoms with Gasteiger partial charge in [-0.2, -0.15) is 5.10 Å². The van der Waals surface area contributed by atoms with Crippen LogP contribution in [-0.4, -0.2) is 16.3 Å². The molecular formula is C16H29N3. The molecule has 1 aliphatic carbocycles. The molecule has 108 valence electrons. The van der Waals surface area contributed by atoms with Crippen LogP contribution in [0.1, 0.15) is 69.4 Å². The average Bonchev–Trinajstić information content (AvgIpc) is 3.07. The molecule has 1 aromatic rings. The van der Waals surface area contributed by atoms with Crippen LogP contribution in [0.5, 0.6) is 0 Å². The van der Waals surface area contributed by atoms with Crippen molar-refractivity contribution in [2.24, 2.45) is 5.41 Å². The van der Waals surface area contributed by atoms with Crippen LogP contribution in [-0.2, 0) is 6.54 Å². The van der Waals surface area contributed by atoms with Gasteiger partial charge in [-0.3, -0.25) is 4.68 Å². The van der Waals surface area contributed by atoms with Crippen molar-refractivity contribution in [2.45, 2.75) is 72.9 Å². The van der Waals surface area contributed by atoms with Crippen LogP contribution in [0, 0.1) is 19.3 Å². The Morgan fingerprint density at radius 2 is 2.00 bits per heavy atom. The Kier molecular flexibility index (Phi) is 4.34. The molecule has 1 saturated carbocycles. The van der Waals surface area contributed by atoms with Crippen LogP contribution >= 0.6 is 0 Å². The second kappa shape index (κ2) is 5.66. The van der Waals surface area contributed by atoms with Gasteiger partial charge in [0.2, 0.25) is 0 Å². The van der Waals surface area contributed by atoms with Gasteiger partial charge >= 0.3 is 0 Å². The summed E-state index contributed by atoms with van der Waals surface area (Å²) in [5.74, 6) is 0. The normalized spacial score (nSPS) is 18.6. The summed E-state index contributed by atoms with van der Waals surface area (Å²) in [4.78, 5) is 0. The molecule has 1 aromatic heterocycles. The van der Waals surface area contributed by atoms with Gasteiger partial charge in [-0.15, -0.1) is 0 Å². The highest BCUT2D eigenvalue weighted by atomic mass is 15.3. The van der Waals surface area contributed by atoms with E-state index in [2.05, 4.69) is 49.7 Å². The van der Waals surface area contributed by atoms with E-state index >= 15 is 0 Å². The van der Waals surface area contributed by atoms with Crippen molar-refractivity contribution in [1.82, 2.24) is 15.1 Å². The molecule has 0 aromatic carbocycles. The lowest BCUT2D eigenvalue weighted by molar-refractivity contribution is 0.396. The zero-order valence-corrected chi connectivity index (χ0v) is 13.2. The first-order valence-corrected chi connectivity index (χ1v) is 7.80. The first-order chi connectivity index (χ1) is 9.03. The molecule has 1 heterocycles. The molecule has 0 bridgehead atoms. The second-order valence-electron chi connectivity index (χ2n) is 6.25. The standard InChI is InChI=1S/C16H29N3/c1-6-8-16(9-10-16)11-17-12(3)15-13(4)18-19(7-2)14(15)5/h12,17H,6-11H2,1-5H3. The van der Waals surface area contributed by atoms with Gasteiger partial charge in [0.15, 0.2) is 0 Å². The van der Waals surface area contributed by atoms with Crippen molar-refractivity contribution < 1.29 is 0 Å². The van der Waals surface area contributed by atoms with E-state index < -0.39 is 0 Å². The summed E-state index contributed by atoms with van der Waals surface area (Å²) >= 11 is 0. The van der Waals surface area contributed by atoms with Gasteiger partial charge < -0.3 is 5.32 Å². The van der Waals surface area contributed by atoms with Gasteiger partial charge in [0.05, 0.1) is 5.69 Å². The molecule has 1 N–H and O–H groups in total. The van der Waals surface area contributed by atoms with Crippen LogP contribution in [0.15, 0.2) is 0 Å². The van der Waals surface area contributed by atoms with E-state index in [4.69, 9.17) is 0 Å². The van der Waals surface area contributed by atoms with Crippen LogP contribution in [0.25, 0.3) is 0 Å². The van der Waals surface area contributed by atoms with Crippen molar-refractivity contribution in [3.63, 3.8) is 0 Å². The molecule has 1 unspecified atom stereocenters. The Morgan fingerprint density at radius 3 is 2.47 bits per heavy atom. The molecule has 2 rings (SSSR count). The summed E-state index contributed by atoms with van der Waals surface area (Å²) in [5, 5.41) is 8.38. The third-order valence-corrected chi connectivity index (χ3v) is 4.69. The average molecular weight is 263 g/mol. The Balaban J connectivity index is 2.00. The van der Waals surface area contributed by atoms with Crippen molar-refractivity contribution in [2.75, 3.05) is 6.54 Å². The Hall–Kier alpha value is -0.830. The Morgan fingerprint density at radius 1 is 1.32 bits per heavy atom. The summed E-state index contributed by atoms with van der Waals surface area (Å²) in [6.07, 6.45) is 5.50. The molecule has 3 heteroatoms. The third-order valence-electron chi connectivity index (χ3n) is 4.69. The molecule has 0 saturated heterocycles. The number of nitrogens with zero attached hydrogens (tertiary/aromatic N) is 2. The van der Waals surface area contributed by atoms with Crippen LogP contribution < -0.4 is 5.32 Å². The lowest BCUT2D eigenvalue weighted by atomic mass is 9.99. The molecular weight excluding hydrogens is 234 g/mol. The number of aryl methyl sites for hydroxylation is 2. The van der Waals surface area contributed by atoms with Crippen molar-refractivity contribution in [3.8, 4) is 0 Å². The minimum atomic E-state index is 0.412. The molecule has 1 atom stereocenters. The molecule has 1 fully saturated rings. The summed E-state index contributed by atoms with van der Waals surface area (Å²) < 4.78 is 2.11. The van der Waals surface area contributed by atoms with Gasteiger partial charge in [0.25, 0.3) is 0 Å². The highest BCUT2D eigenvalue weighted by Crippen LogP contribution is 2.49. The number of hydrogen-bond donors (Lipinski definition) is 1. The molecule has 0 amide bonds. The lowest BCUT2D eigenvalue weighted by Crippen LogP contribution is -2.27. The summed E-state index contributed by atoms with van der Waals surface area (Å²) in [6.45, 7) is 13.2. The fraction of sp³-hybridized carbons (Fsp3) is 0.812. The maximum atomic E-state index is 4.62. The number of rotatable bonds is 7. The smallest absolute Gasteiger partial charge is 0.0644 e. The van der Waals surface area contributed by atoms with Crippen molar-refractivity contribution in [1.29, 1.82) is 0 Å². The highest BCUT2D eigenvalue weighted by Gasteiger charge is 2.41. The maximum Gasteiger partial charge on any atom is 0.0644 e. The summed E-state index contributed by atoms with van der Waals surface area (Å²) in [7, 11) is 0. The van der Waals surface area contributed by atoms with E-state index in [-0.39, 0.29) is 0 Å². The molecule has 19 heavy (non-hydrogen) atoms. The summed E-state index contributed by atoms with van der Waals surface area (Å²) in [6, 6.07) is 0.412. The first-order valence-electron chi connectivity index (χ1n) is 7.80. The van der Waals surface area contributed by atoms with E-state index in [1.807, 2.05) is 0 Å². The molecule has 3 nitrogen and oxygen atoms in total. The zero-order valence-electron chi connectivity index (χ0n) is 13.2. The van der Waals surface area contributed by atoms with Crippen molar-refractivity contribution >= 4 is 0 Å². The van der Waals surface area contributed by atoms with Crippen LogP contribution in [0.3, 0.4) is 0 Å². The molecule has 0 aliphatic heterocycles. The van der Waals surface area contributed by atoms with Gasteiger partial charge in [0, 0.05) is 30.4 Å². The quantitative estimate of drug-likeness (QED) is 0.812. The predicted octanol–water partition coefficient (Wildman–Crippen LogP) is 3.75. The van der Waals surface area contributed by atoms with Crippen molar-refractivity contribution in [3.05, 3.63) is 17.0 Å². The largest absolute Gasteiger partial charge is 0.310 e. The first kappa shape index (κ1) is 14.6. The topological polar surface area (TPSA) is 29.9 Å². The molecule has 0 spiro atoms. The predicted molar refractivity (Wildman–Crippen MR) is 80.4 cm³/mol. The fourth-order valence-electron chi connectivity index (χ4n) is 3.34. The number of hydrogen-bond acceptors (Lipinski definition) is 2. The number of aromatic nitrogens is 2. The van der Waals surface area contributed by atoms with Crippen LogP contribution in [0.2, 0.25) is 0 Å². The third kappa shape index (κ3) is 3.02. The Labute approximate surface area is 117 Å². The molecule has 0 radical (unpaired) electrons. The number of nitrogens with one attached hydrogen (secondary N) is 1. The highest BCUT2D eigenvalue weighted by molar-refractivity contribution is 5.27. The van der Waals surface area contributed by atoms with E-state index in [0.717, 1.165) is 13.1 Å². The van der Waals surface area contributed by atoms with Gasteiger partial charge in [0.1, 0.15) is 0 Å². The minimum absolute atomic E-state index is 0.412. The van der Waals surface area contributed by atoms with E-state index in [1.54, 1.807) is 0 Å². The fourth-order valence-corrected chi connectivity index (χ4v) is 3.34. The summed E-state index contributed by atoms with van der Waals surface area (Å²) in [5.41, 5.74) is 4.51.